The molecule has 6 fully saturated rings. The topological polar surface area (TPSA) is 35.5 Å². The van der Waals surface area contributed by atoms with Crippen LogP contribution in [0.25, 0.3) is 0 Å². The number of methoxy groups -OCH3 is 1. The molecule has 5 heteroatoms. The van der Waals surface area contributed by atoms with Crippen molar-refractivity contribution in [2.24, 2.45) is 40.4 Å². The van der Waals surface area contributed by atoms with Crippen molar-refractivity contribution in [2.45, 2.75) is 99.9 Å². The molecule has 4 bridgehead atoms. The molecule has 0 aromatic heterocycles. The molecule has 11 unspecified atom stereocenters. The number of esters is 1. The van der Waals surface area contributed by atoms with Crippen molar-refractivity contribution >= 4 is 37.8 Å². The summed E-state index contributed by atoms with van der Waals surface area (Å²) >= 11 is 8.57. The first kappa shape index (κ1) is 22.2. The average Bonchev–Trinajstić information content (AvgIpc) is 3.08. The number of rotatable bonds is 4. The highest BCUT2D eigenvalue weighted by molar-refractivity contribution is 9.12. The van der Waals surface area contributed by atoms with Crippen LogP contribution in [0, 0.1) is 40.4 Å². The second kappa shape index (κ2) is 7.45. The lowest BCUT2D eigenvalue weighted by atomic mass is 9.40. The fourth-order valence-corrected chi connectivity index (χ4v) is 12.0. The molecule has 2 aliphatic heterocycles. The van der Waals surface area contributed by atoms with Gasteiger partial charge in [0.2, 0.25) is 0 Å². The molecule has 0 N–H and O–H groups in total. The highest BCUT2D eigenvalue weighted by atomic mass is 79.9. The first-order valence-electron chi connectivity index (χ1n) is 12.2. The van der Waals surface area contributed by atoms with Crippen LogP contribution in [0.4, 0.5) is 0 Å². The van der Waals surface area contributed by atoms with Gasteiger partial charge in [-0.05, 0) is 86.4 Å². The molecule has 3 nitrogen and oxygen atoms in total. The molecule has 4 saturated carbocycles. The maximum absolute atomic E-state index is 11.8. The Labute approximate surface area is 199 Å². The van der Waals surface area contributed by atoms with E-state index in [-0.39, 0.29) is 17.0 Å². The summed E-state index contributed by atoms with van der Waals surface area (Å²) < 4.78 is 12.1. The zero-order chi connectivity index (χ0) is 21.5. The molecule has 0 radical (unpaired) electrons. The smallest absolute Gasteiger partial charge is 0.305 e. The van der Waals surface area contributed by atoms with Crippen LogP contribution in [0.1, 0.15) is 78.6 Å². The van der Waals surface area contributed by atoms with Crippen molar-refractivity contribution in [1.82, 2.24) is 0 Å². The van der Waals surface area contributed by atoms with Gasteiger partial charge in [0.1, 0.15) is 0 Å². The van der Waals surface area contributed by atoms with E-state index >= 15 is 0 Å². The van der Waals surface area contributed by atoms with Gasteiger partial charge >= 0.3 is 5.97 Å². The summed E-state index contributed by atoms with van der Waals surface area (Å²) in [4.78, 5) is 12.5. The number of fused-ring (bicyclic) bond motifs is 3. The molecule has 4 aliphatic carbocycles. The lowest BCUT2D eigenvalue weighted by molar-refractivity contribution is -0.325. The molecule has 170 valence electrons. The standard InChI is InChI=1S/C25H38Br2O3/c1-14(5-10-20(28)29-4)17-8-9-18-19-7-6-15-13-16-11-12-23(15,2)25(19,30-16)22(27)21(26)24(17,18)3/h14-19,21-22H,5-13H2,1-4H3. The third-order valence-electron chi connectivity index (χ3n) is 10.9. The lowest BCUT2D eigenvalue weighted by Gasteiger charge is -2.74. The maximum atomic E-state index is 11.8. The predicted molar refractivity (Wildman–Crippen MR) is 126 cm³/mol. The quantitative estimate of drug-likeness (QED) is 0.298. The van der Waals surface area contributed by atoms with E-state index in [2.05, 4.69) is 52.6 Å². The number of carbonyl (C=O) groups excluding carboxylic acids is 1. The summed E-state index contributed by atoms with van der Waals surface area (Å²) in [6.45, 7) is 7.49. The van der Waals surface area contributed by atoms with Gasteiger partial charge in [0.15, 0.2) is 0 Å². The maximum Gasteiger partial charge on any atom is 0.305 e. The third kappa shape index (κ3) is 2.67. The summed E-state index contributed by atoms with van der Waals surface area (Å²) in [5, 5.41) is 0. The second-order valence-electron chi connectivity index (χ2n) is 11.7. The van der Waals surface area contributed by atoms with Gasteiger partial charge in [-0.3, -0.25) is 4.79 Å². The summed E-state index contributed by atoms with van der Waals surface area (Å²) in [6.07, 6.45) is 11.1. The van der Waals surface area contributed by atoms with E-state index in [0.29, 0.717) is 51.3 Å². The van der Waals surface area contributed by atoms with Crippen LogP contribution in [-0.4, -0.2) is 34.4 Å². The van der Waals surface area contributed by atoms with Crippen LogP contribution < -0.4 is 0 Å². The van der Waals surface area contributed by atoms with Gasteiger partial charge in [-0.2, -0.15) is 0 Å². The van der Waals surface area contributed by atoms with E-state index in [4.69, 9.17) is 9.47 Å². The molecule has 6 aliphatic rings. The van der Waals surface area contributed by atoms with Crippen molar-refractivity contribution in [3.8, 4) is 0 Å². The minimum atomic E-state index is -0.0733. The molecule has 2 heterocycles. The van der Waals surface area contributed by atoms with E-state index in [1.807, 2.05) is 0 Å². The number of carbonyl (C=O) groups is 1. The van der Waals surface area contributed by atoms with Gasteiger partial charge in [0, 0.05) is 16.7 Å². The van der Waals surface area contributed by atoms with Crippen LogP contribution in [0.3, 0.4) is 0 Å². The molecule has 11 atom stereocenters. The number of hydrogen-bond donors (Lipinski definition) is 0. The van der Waals surface area contributed by atoms with Crippen LogP contribution in [0.5, 0.6) is 0 Å². The monoisotopic (exact) mass is 544 g/mol. The van der Waals surface area contributed by atoms with Gasteiger partial charge in [-0.1, -0.05) is 52.6 Å². The molecular weight excluding hydrogens is 508 g/mol. The van der Waals surface area contributed by atoms with Gasteiger partial charge in [-0.15, -0.1) is 0 Å². The predicted octanol–water partition coefficient (Wildman–Crippen LogP) is 6.50. The van der Waals surface area contributed by atoms with Gasteiger partial charge < -0.3 is 9.47 Å². The number of ether oxygens (including phenoxy) is 2. The summed E-state index contributed by atoms with van der Waals surface area (Å²) in [6, 6.07) is 0. The Morgan fingerprint density at radius 1 is 1.10 bits per heavy atom. The molecule has 2 saturated heterocycles. The number of halogens is 2. The first-order valence-corrected chi connectivity index (χ1v) is 14.1. The van der Waals surface area contributed by atoms with Gasteiger partial charge in [0.05, 0.1) is 23.6 Å². The van der Waals surface area contributed by atoms with Crippen LogP contribution in [0.2, 0.25) is 0 Å². The van der Waals surface area contributed by atoms with Crippen molar-refractivity contribution in [3.05, 3.63) is 0 Å². The van der Waals surface area contributed by atoms with Crippen molar-refractivity contribution < 1.29 is 14.3 Å². The molecule has 0 aromatic carbocycles. The third-order valence-corrected chi connectivity index (χ3v) is 14.4. The Morgan fingerprint density at radius 2 is 1.83 bits per heavy atom. The Kier molecular flexibility index (Phi) is 5.51. The Balaban J connectivity index is 1.48. The Morgan fingerprint density at radius 3 is 2.57 bits per heavy atom. The normalized spacial score (nSPS) is 54.9. The average molecular weight is 546 g/mol. The molecule has 0 amide bonds. The van der Waals surface area contributed by atoms with Crippen molar-refractivity contribution in [3.63, 3.8) is 0 Å². The Hall–Kier alpha value is 0.390. The fourth-order valence-electron chi connectivity index (χ4n) is 9.40. The SMILES string of the molecule is COC(=O)CCC(C)C1CCC2C3CCC4CC5CCC4(C)C3(O5)C(Br)C(Br)C12C. The summed E-state index contributed by atoms with van der Waals surface area (Å²) in [5.74, 6) is 3.29. The van der Waals surface area contributed by atoms with Crippen molar-refractivity contribution in [2.75, 3.05) is 7.11 Å². The van der Waals surface area contributed by atoms with Crippen molar-refractivity contribution in [1.29, 1.82) is 0 Å². The highest BCUT2D eigenvalue weighted by Crippen LogP contribution is 2.75. The summed E-state index contributed by atoms with van der Waals surface area (Å²) in [7, 11) is 1.50. The molecule has 1 spiro atoms. The first-order chi connectivity index (χ1) is 14.2. The Bertz CT molecular complexity index is 715. The van der Waals surface area contributed by atoms with E-state index in [0.717, 1.165) is 12.3 Å². The van der Waals surface area contributed by atoms with Crippen LogP contribution in [-0.2, 0) is 14.3 Å². The number of hydrogen-bond acceptors (Lipinski definition) is 3. The van der Waals surface area contributed by atoms with Crippen LogP contribution in [0.15, 0.2) is 0 Å². The van der Waals surface area contributed by atoms with E-state index < -0.39 is 0 Å². The molecular formula is C25H38Br2O3. The van der Waals surface area contributed by atoms with Crippen LogP contribution >= 0.6 is 31.9 Å². The lowest BCUT2D eigenvalue weighted by Crippen LogP contribution is -2.77. The highest BCUT2D eigenvalue weighted by Gasteiger charge is 2.76. The summed E-state index contributed by atoms with van der Waals surface area (Å²) in [5.41, 5.74) is 0.531. The van der Waals surface area contributed by atoms with E-state index in [9.17, 15) is 4.79 Å². The van der Waals surface area contributed by atoms with Gasteiger partial charge in [0.25, 0.3) is 0 Å². The minimum Gasteiger partial charge on any atom is -0.469 e. The van der Waals surface area contributed by atoms with E-state index in [1.54, 1.807) is 0 Å². The molecule has 6 rings (SSSR count). The fraction of sp³-hybridized carbons (Fsp3) is 0.960. The zero-order valence-corrected chi connectivity index (χ0v) is 22.1. The largest absolute Gasteiger partial charge is 0.469 e. The van der Waals surface area contributed by atoms with Gasteiger partial charge in [-0.25, -0.2) is 0 Å². The van der Waals surface area contributed by atoms with E-state index in [1.165, 1.54) is 52.1 Å². The minimum absolute atomic E-state index is 0.0143. The zero-order valence-electron chi connectivity index (χ0n) is 19.0. The molecule has 0 aromatic rings. The number of alkyl halides is 2. The molecule has 30 heavy (non-hydrogen) atoms. The second-order valence-corrected chi connectivity index (χ2v) is 13.6.